The van der Waals surface area contributed by atoms with Gasteiger partial charge < -0.3 is 29.1 Å². The molecule has 10 heteroatoms. The van der Waals surface area contributed by atoms with E-state index in [0.717, 1.165) is 44.3 Å². The van der Waals surface area contributed by atoms with E-state index in [1.165, 1.54) is 43.4 Å². The van der Waals surface area contributed by atoms with Crippen LogP contribution < -0.4 is 0 Å². The number of rotatable bonds is 7. The van der Waals surface area contributed by atoms with Crippen LogP contribution in [-0.2, 0) is 19.0 Å². The first-order chi connectivity index (χ1) is 22.7. The number of amides is 2. The number of nitrogens with zero attached hydrogens (tertiary/aromatic N) is 3. The SMILES string of the molecule is C/C(=C\C=C\[C@@H](C)COC(=O)N1CC[C@@H](O)C1)[C@H]1OC(=O)CCCCC[C@H](OC(=O)N2CCN(C3CCCCCC3)CC2)/C=C/[C@@H]1C. The van der Waals surface area contributed by atoms with E-state index in [1.54, 1.807) is 0 Å². The van der Waals surface area contributed by atoms with E-state index in [0.29, 0.717) is 45.1 Å². The quantitative estimate of drug-likeness (QED) is 0.113. The van der Waals surface area contributed by atoms with Crippen molar-refractivity contribution < 1.29 is 33.7 Å². The largest absolute Gasteiger partial charge is 0.457 e. The first-order valence-corrected chi connectivity index (χ1v) is 18.2. The summed E-state index contributed by atoms with van der Waals surface area (Å²) in [6, 6.07) is 0.658. The third-order valence-electron chi connectivity index (χ3n) is 10.0. The van der Waals surface area contributed by atoms with E-state index in [4.69, 9.17) is 14.2 Å². The standard InChI is InChI=1S/C37H59N3O7/c1-28(27-45-36(43)40-21-20-32(41)26-40)12-11-13-29(2)35-30(3)18-19-33(16-9-6-10-17-34(42)47-35)46-37(44)39-24-22-38(23-25-39)31-14-7-4-5-8-15-31/h11-13,18-19,28,30-33,35,41H,4-10,14-17,20-27H2,1-3H3/b12-11+,19-18+,29-13+/t28-,30+,32-,33+,35-/m1/s1. The van der Waals surface area contributed by atoms with Crippen LogP contribution in [0.1, 0.15) is 97.8 Å². The number of allylic oxidation sites excluding steroid dienone is 2. The molecule has 1 aliphatic carbocycles. The Balaban J connectivity index is 1.30. The van der Waals surface area contributed by atoms with Crippen molar-refractivity contribution in [3.63, 3.8) is 0 Å². The molecule has 0 unspecified atom stereocenters. The Bertz CT molecular complexity index is 1090. The topological polar surface area (TPSA) is 109 Å². The number of esters is 1. The molecule has 0 aromatic heterocycles. The zero-order valence-electron chi connectivity index (χ0n) is 29.0. The number of aliphatic hydroxyl groups is 1. The highest BCUT2D eigenvalue weighted by Crippen LogP contribution is 2.25. The van der Waals surface area contributed by atoms with Crippen LogP contribution in [0.25, 0.3) is 0 Å². The molecule has 5 atom stereocenters. The highest BCUT2D eigenvalue weighted by atomic mass is 16.6. The average molecular weight is 658 g/mol. The fourth-order valence-corrected chi connectivity index (χ4v) is 7.05. The number of β-amino-alcohol motifs (C(OH)–C–C–N with tert-alkyl or cyclic N) is 1. The monoisotopic (exact) mass is 657 g/mol. The molecule has 0 aromatic rings. The summed E-state index contributed by atoms with van der Waals surface area (Å²) >= 11 is 0. The molecule has 2 amide bonds. The van der Waals surface area contributed by atoms with Crippen LogP contribution >= 0.6 is 0 Å². The van der Waals surface area contributed by atoms with Crippen LogP contribution in [0.5, 0.6) is 0 Å². The Kier molecular flexibility index (Phi) is 15.1. The zero-order valence-corrected chi connectivity index (χ0v) is 29.0. The molecule has 0 radical (unpaired) electrons. The van der Waals surface area contributed by atoms with Gasteiger partial charge >= 0.3 is 18.2 Å². The maximum absolute atomic E-state index is 13.2. The first kappa shape index (κ1) is 37.0. The van der Waals surface area contributed by atoms with E-state index in [9.17, 15) is 19.5 Å². The van der Waals surface area contributed by atoms with Crippen LogP contribution in [-0.4, -0.2) is 108 Å². The third kappa shape index (κ3) is 12.3. The lowest BCUT2D eigenvalue weighted by Gasteiger charge is -2.39. The minimum Gasteiger partial charge on any atom is -0.457 e. The minimum atomic E-state index is -0.474. The summed E-state index contributed by atoms with van der Waals surface area (Å²) in [5.41, 5.74) is 0.902. The van der Waals surface area contributed by atoms with Gasteiger partial charge in [0, 0.05) is 63.6 Å². The summed E-state index contributed by atoms with van der Waals surface area (Å²) in [6.45, 7) is 10.3. The van der Waals surface area contributed by atoms with Crippen LogP contribution in [0.4, 0.5) is 9.59 Å². The average Bonchev–Trinajstić information content (AvgIpc) is 3.32. The Hall–Kier alpha value is -2.85. The van der Waals surface area contributed by atoms with Gasteiger partial charge in [0.15, 0.2) is 0 Å². The van der Waals surface area contributed by atoms with Gasteiger partial charge in [-0.1, -0.05) is 70.3 Å². The molecule has 1 N–H and O–H groups in total. The van der Waals surface area contributed by atoms with E-state index in [-0.39, 0.29) is 36.6 Å². The summed E-state index contributed by atoms with van der Waals surface area (Å²) in [7, 11) is 0. The lowest BCUT2D eigenvalue weighted by Crippen LogP contribution is -2.52. The van der Waals surface area contributed by atoms with Crippen molar-refractivity contribution in [1.82, 2.24) is 14.7 Å². The maximum atomic E-state index is 13.2. The van der Waals surface area contributed by atoms with Gasteiger partial charge in [-0.15, -0.1) is 0 Å². The normalized spacial score (nSPS) is 29.4. The molecule has 264 valence electrons. The molecule has 0 bridgehead atoms. The van der Waals surface area contributed by atoms with Crippen molar-refractivity contribution in [2.45, 2.75) is 122 Å². The van der Waals surface area contributed by atoms with Gasteiger partial charge in [-0.05, 0) is 57.1 Å². The van der Waals surface area contributed by atoms with Crippen LogP contribution in [0.15, 0.2) is 36.0 Å². The molecule has 0 spiro atoms. The molecular weight excluding hydrogens is 598 g/mol. The van der Waals surface area contributed by atoms with Gasteiger partial charge in [0.25, 0.3) is 0 Å². The number of likely N-dealkylation sites (tertiary alicyclic amines) is 1. The molecule has 3 aliphatic heterocycles. The Morgan fingerprint density at radius 3 is 2.34 bits per heavy atom. The highest BCUT2D eigenvalue weighted by Gasteiger charge is 2.29. The maximum Gasteiger partial charge on any atom is 0.410 e. The lowest BCUT2D eigenvalue weighted by atomic mass is 9.95. The van der Waals surface area contributed by atoms with Crippen molar-refractivity contribution >= 4 is 18.2 Å². The molecule has 0 aromatic carbocycles. The van der Waals surface area contributed by atoms with Crippen molar-refractivity contribution in [3.8, 4) is 0 Å². The molecule has 3 fully saturated rings. The molecule has 47 heavy (non-hydrogen) atoms. The van der Waals surface area contributed by atoms with E-state index in [1.807, 2.05) is 56.1 Å². The Morgan fingerprint density at radius 2 is 1.64 bits per heavy atom. The fraction of sp³-hybridized carbons (Fsp3) is 0.757. The van der Waals surface area contributed by atoms with Gasteiger partial charge in [-0.2, -0.15) is 0 Å². The summed E-state index contributed by atoms with van der Waals surface area (Å²) in [4.78, 5) is 44.1. The van der Waals surface area contributed by atoms with Crippen molar-refractivity contribution in [3.05, 3.63) is 36.0 Å². The number of ether oxygens (including phenoxy) is 3. The molecular formula is C37H59N3O7. The molecule has 4 aliphatic rings. The second-order valence-corrected chi connectivity index (χ2v) is 14.1. The summed E-state index contributed by atoms with van der Waals surface area (Å²) < 4.78 is 17.5. The van der Waals surface area contributed by atoms with Gasteiger partial charge in [-0.3, -0.25) is 9.69 Å². The summed E-state index contributed by atoms with van der Waals surface area (Å²) in [5.74, 6) is -0.339. The minimum absolute atomic E-state index is 0.0121. The van der Waals surface area contributed by atoms with Crippen molar-refractivity contribution in [2.75, 3.05) is 45.9 Å². The molecule has 2 saturated heterocycles. The number of aliphatic hydroxyl groups excluding tert-OH is 1. The molecule has 1 saturated carbocycles. The number of cyclic esters (lactones) is 1. The number of hydrogen-bond acceptors (Lipinski definition) is 8. The number of carbonyl (C=O) groups is 3. The zero-order chi connectivity index (χ0) is 33.6. The van der Waals surface area contributed by atoms with Crippen LogP contribution in [0.3, 0.4) is 0 Å². The highest BCUT2D eigenvalue weighted by molar-refractivity contribution is 5.70. The Labute approximate surface area is 282 Å². The predicted molar refractivity (Wildman–Crippen MR) is 182 cm³/mol. The van der Waals surface area contributed by atoms with E-state index < -0.39 is 18.3 Å². The van der Waals surface area contributed by atoms with Crippen LogP contribution in [0.2, 0.25) is 0 Å². The van der Waals surface area contributed by atoms with Gasteiger partial charge in [0.05, 0.1) is 12.7 Å². The second-order valence-electron chi connectivity index (χ2n) is 14.1. The lowest BCUT2D eigenvalue weighted by molar-refractivity contribution is -0.148. The number of piperazine rings is 1. The Morgan fingerprint density at radius 1 is 0.936 bits per heavy atom. The summed E-state index contributed by atoms with van der Waals surface area (Å²) in [5, 5.41) is 9.65. The summed E-state index contributed by atoms with van der Waals surface area (Å²) in [6.07, 6.45) is 20.0. The third-order valence-corrected chi connectivity index (χ3v) is 10.0. The predicted octanol–water partition coefficient (Wildman–Crippen LogP) is 6.24. The molecule has 3 heterocycles. The molecule has 10 nitrogen and oxygen atoms in total. The van der Waals surface area contributed by atoms with Crippen LogP contribution in [0, 0.1) is 11.8 Å². The second kappa shape index (κ2) is 19.2. The first-order valence-electron chi connectivity index (χ1n) is 18.2. The number of hydrogen-bond donors (Lipinski definition) is 1. The van der Waals surface area contributed by atoms with Gasteiger partial charge in [-0.25, -0.2) is 9.59 Å². The van der Waals surface area contributed by atoms with Crippen molar-refractivity contribution in [2.24, 2.45) is 11.8 Å². The van der Waals surface area contributed by atoms with E-state index >= 15 is 0 Å². The fourth-order valence-electron chi connectivity index (χ4n) is 7.05. The van der Waals surface area contributed by atoms with E-state index in [2.05, 4.69) is 4.90 Å². The van der Waals surface area contributed by atoms with Crippen molar-refractivity contribution in [1.29, 1.82) is 0 Å². The molecule has 4 rings (SSSR count). The smallest absolute Gasteiger partial charge is 0.410 e. The van der Waals surface area contributed by atoms with Gasteiger partial charge in [0.2, 0.25) is 0 Å². The number of carbonyl (C=O) groups excluding carboxylic acids is 3. The van der Waals surface area contributed by atoms with Gasteiger partial charge in [0.1, 0.15) is 12.2 Å².